The van der Waals surface area contributed by atoms with Crippen LogP contribution >= 0.6 is 0 Å². The second-order valence-corrected chi connectivity index (χ2v) is 4.71. The van der Waals surface area contributed by atoms with Crippen molar-refractivity contribution in [2.75, 3.05) is 5.73 Å². The molecule has 0 aliphatic carbocycles. The summed E-state index contributed by atoms with van der Waals surface area (Å²) in [6.07, 6.45) is 1.66. The van der Waals surface area contributed by atoms with Gasteiger partial charge in [-0.15, -0.1) is 0 Å². The molecule has 0 radical (unpaired) electrons. The van der Waals surface area contributed by atoms with Gasteiger partial charge in [-0.1, -0.05) is 6.07 Å². The minimum Gasteiger partial charge on any atom is -0.408 e. The van der Waals surface area contributed by atoms with Gasteiger partial charge >= 0.3 is 5.76 Å². The SMILES string of the molecule is CC(C)n1c(=O)oc2ccc(-c3cn[nH]c3N)cc21. The van der Waals surface area contributed by atoms with Gasteiger partial charge in [0, 0.05) is 11.6 Å². The zero-order chi connectivity index (χ0) is 13.6. The van der Waals surface area contributed by atoms with E-state index in [1.54, 1.807) is 16.8 Å². The van der Waals surface area contributed by atoms with Crippen molar-refractivity contribution in [3.05, 3.63) is 34.9 Å². The summed E-state index contributed by atoms with van der Waals surface area (Å²) in [6.45, 7) is 3.88. The summed E-state index contributed by atoms with van der Waals surface area (Å²) in [5.41, 5.74) is 8.85. The van der Waals surface area contributed by atoms with Crippen LogP contribution in [0.1, 0.15) is 19.9 Å². The van der Waals surface area contributed by atoms with Gasteiger partial charge < -0.3 is 10.2 Å². The Morgan fingerprint density at radius 1 is 1.42 bits per heavy atom. The quantitative estimate of drug-likeness (QED) is 0.737. The Morgan fingerprint density at radius 3 is 2.84 bits per heavy atom. The number of H-pyrrole nitrogens is 1. The summed E-state index contributed by atoms with van der Waals surface area (Å²) in [4.78, 5) is 11.8. The molecule has 0 saturated carbocycles. The molecule has 0 bridgehead atoms. The molecule has 0 saturated heterocycles. The van der Waals surface area contributed by atoms with Crippen molar-refractivity contribution in [2.24, 2.45) is 0 Å². The molecule has 0 spiro atoms. The maximum atomic E-state index is 11.8. The summed E-state index contributed by atoms with van der Waals surface area (Å²) < 4.78 is 6.84. The molecule has 0 fully saturated rings. The minimum atomic E-state index is -0.345. The van der Waals surface area contributed by atoms with Gasteiger partial charge in [0.05, 0.1) is 11.7 Å². The normalized spacial score (nSPS) is 11.5. The number of oxazole rings is 1. The number of fused-ring (bicyclic) bond motifs is 1. The summed E-state index contributed by atoms with van der Waals surface area (Å²) in [6, 6.07) is 5.56. The first-order chi connectivity index (χ1) is 9.08. The van der Waals surface area contributed by atoms with E-state index in [1.165, 1.54) is 0 Å². The Kier molecular flexibility index (Phi) is 2.45. The lowest BCUT2D eigenvalue weighted by atomic mass is 10.1. The Balaban J connectivity index is 2.28. The summed E-state index contributed by atoms with van der Waals surface area (Å²) in [5, 5.41) is 6.59. The molecule has 98 valence electrons. The van der Waals surface area contributed by atoms with Crippen LogP contribution in [0, 0.1) is 0 Å². The van der Waals surface area contributed by atoms with Crippen LogP contribution < -0.4 is 11.5 Å². The third-order valence-electron chi connectivity index (χ3n) is 3.11. The summed E-state index contributed by atoms with van der Waals surface area (Å²) >= 11 is 0. The van der Waals surface area contributed by atoms with E-state index in [1.807, 2.05) is 26.0 Å². The highest BCUT2D eigenvalue weighted by Gasteiger charge is 2.14. The Hall–Kier alpha value is -2.50. The smallest absolute Gasteiger partial charge is 0.408 e. The number of benzene rings is 1. The van der Waals surface area contributed by atoms with Gasteiger partial charge in [0.15, 0.2) is 5.58 Å². The van der Waals surface area contributed by atoms with Crippen molar-refractivity contribution in [2.45, 2.75) is 19.9 Å². The fourth-order valence-electron chi connectivity index (χ4n) is 2.22. The molecule has 0 atom stereocenters. The second kappa shape index (κ2) is 4.01. The molecule has 6 heteroatoms. The molecule has 6 nitrogen and oxygen atoms in total. The standard InChI is InChI=1S/C13H14N4O2/c1-7(2)17-10-5-8(9-6-15-16-12(9)14)3-4-11(10)19-13(17)18/h3-7H,1-2H3,(H3,14,15,16). The largest absolute Gasteiger partial charge is 0.420 e. The molecule has 0 amide bonds. The first kappa shape index (κ1) is 11.6. The van der Waals surface area contributed by atoms with Gasteiger partial charge in [-0.3, -0.25) is 9.67 Å². The molecular formula is C13H14N4O2. The van der Waals surface area contributed by atoms with Crippen LogP contribution in [0.15, 0.2) is 33.6 Å². The molecule has 2 heterocycles. The van der Waals surface area contributed by atoms with Crippen LogP contribution in [0.4, 0.5) is 5.82 Å². The van der Waals surface area contributed by atoms with Crippen LogP contribution in [0.25, 0.3) is 22.2 Å². The van der Waals surface area contributed by atoms with Crippen molar-refractivity contribution in [1.82, 2.24) is 14.8 Å². The number of rotatable bonds is 2. The zero-order valence-corrected chi connectivity index (χ0v) is 10.7. The predicted octanol–water partition coefficient (Wildman–Crippen LogP) is 2.15. The molecule has 0 aliphatic rings. The van der Waals surface area contributed by atoms with E-state index in [0.29, 0.717) is 11.4 Å². The average Bonchev–Trinajstić information content (AvgIpc) is 2.90. The van der Waals surface area contributed by atoms with Crippen molar-refractivity contribution in [3.63, 3.8) is 0 Å². The van der Waals surface area contributed by atoms with Crippen molar-refractivity contribution >= 4 is 16.9 Å². The van der Waals surface area contributed by atoms with Crippen LogP contribution in [0.5, 0.6) is 0 Å². The highest BCUT2D eigenvalue weighted by molar-refractivity contribution is 5.83. The van der Waals surface area contributed by atoms with Crippen LogP contribution in [0.2, 0.25) is 0 Å². The molecule has 0 unspecified atom stereocenters. The van der Waals surface area contributed by atoms with Crippen LogP contribution in [-0.2, 0) is 0 Å². The monoisotopic (exact) mass is 258 g/mol. The summed E-state index contributed by atoms with van der Waals surface area (Å²) in [5.74, 6) is 0.156. The lowest BCUT2D eigenvalue weighted by Crippen LogP contribution is -2.15. The Labute approximate surface area is 108 Å². The van der Waals surface area contributed by atoms with Gasteiger partial charge in [-0.05, 0) is 31.5 Å². The molecule has 2 aromatic heterocycles. The third kappa shape index (κ3) is 1.72. The molecule has 3 rings (SSSR count). The van der Waals surface area contributed by atoms with E-state index < -0.39 is 0 Å². The first-order valence-electron chi connectivity index (χ1n) is 6.02. The second-order valence-electron chi connectivity index (χ2n) is 4.71. The van der Waals surface area contributed by atoms with Crippen molar-refractivity contribution in [1.29, 1.82) is 0 Å². The molecule has 3 N–H and O–H groups in total. The number of aromatic nitrogens is 3. The van der Waals surface area contributed by atoms with Gasteiger partial charge in [0.25, 0.3) is 0 Å². The van der Waals surface area contributed by atoms with Gasteiger partial charge in [0.2, 0.25) is 0 Å². The number of hydrogen-bond donors (Lipinski definition) is 2. The molecule has 0 aliphatic heterocycles. The number of nitrogens with zero attached hydrogens (tertiary/aromatic N) is 2. The number of nitrogens with one attached hydrogen (secondary N) is 1. The highest BCUT2D eigenvalue weighted by atomic mass is 16.4. The number of hydrogen-bond acceptors (Lipinski definition) is 4. The van der Waals surface area contributed by atoms with E-state index in [2.05, 4.69) is 10.2 Å². The van der Waals surface area contributed by atoms with Gasteiger partial charge in [0.1, 0.15) is 5.82 Å². The molecule has 3 aromatic rings. The van der Waals surface area contributed by atoms with Crippen LogP contribution in [0.3, 0.4) is 0 Å². The summed E-state index contributed by atoms with van der Waals surface area (Å²) in [7, 11) is 0. The average molecular weight is 258 g/mol. The maximum Gasteiger partial charge on any atom is 0.420 e. The minimum absolute atomic E-state index is 0.0331. The number of nitrogen functional groups attached to an aromatic ring is 1. The van der Waals surface area contributed by atoms with E-state index in [9.17, 15) is 4.79 Å². The molecule has 19 heavy (non-hydrogen) atoms. The fraction of sp³-hybridized carbons (Fsp3) is 0.231. The predicted molar refractivity (Wildman–Crippen MR) is 72.9 cm³/mol. The highest BCUT2D eigenvalue weighted by Crippen LogP contribution is 2.27. The lowest BCUT2D eigenvalue weighted by Gasteiger charge is -2.06. The van der Waals surface area contributed by atoms with E-state index >= 15 is 0 Å². The van der Waals surface area contributed by atoms with Crippen molar-refractivity contribution < 1.29 is 4.42 Å². The molecular weight excluding hydrogens is 244 g/mol. The zero-order valence-electron chi connectivity index (χ0n) is 10.7. The van der Waals surface area contributed by atoms with E-state index in [-0.39, 0.29) is 11.8 Å². The van der Waals surface area contributed by atoms with E-state index in [4.69, 9.17) is 10.2 Å². The Morgan fingerprint density at radius 2 is 2.21 bits per heavy atom. The third-order valence-corrected chi connectivity index (χ3v) is 3.11. The first-order valence-corrected chi connectivity index (χ1v) is 6.02. The molecule has 1 aromatic carbocycles. The van der Waals surface area contributed by atoms with Crippen LogP contribution in [-0.4, -0.2) is 14.8 Å². The van der Waals surface area contributed by atoms with E-state index in [0.717, 1.165) is 16.6 Å². The van der Waals surface area contributed by atoms with Gasteiger partial charge in [-0.2, -0.15) is 5.10 Å². The maximum absolute atomic E-state index is 11.8. The fourth-order valence-corrected chi connectivity index (χ4v) is 2.22. The Bertz CT molecular complexity index is 794. The van der Waals surface area contributed by atoms with Crippen molar-refractivity contribution in [3.8, 4) is 11.1 Å². The lowest BCUT2D eigenvalue weighted by molar-refractivity contribution is 0.478. The number of anilines is 1. The van der Waals surface area contributed by atoms with Gasteiger partial charge in [-0.25, -0.2) is 4.79 Å². The number of nitrogens with two attached hydrogens (primary N) is 1. The topological polar surface area (TPSA) is 89.8 Å². The number of aromatic amines is 1.